The molecule has 1 fully saturated rings. The normalized spacial score (nSPS) is 22.4. The molecule has 3 N–H and O–H groups in total. The maximum Gasteiger partial charge on any atom is 0.220 e. The Labute approximate surface area is 128 Å². The molecule has 2 aromatic heterocycles. The lowest BCUT2D eigenvalue weighted by atomic mass is 9.85. The van der Waals surface area contributed by atoms with E-state index in [0.29, 0.717) is 6.04 Å². The lowest BCUT2D eigenvalue weighted by Crippen LogP contribution is -2.32. The standard InChI is InChI=1S/C15H20N4OS/c1-8-9(2)21-15-12(8)14(17-7-18-15)19-11-5-3-10(4-6-11)13(16)20/h7,10-11H,3-6H2,1-2H3,(H2,16,20)(H,17,18,19). The second-order valence-electron chi connectivity index (χ2n) is 5.78. The molecule has 1 amide bonds. The number of carbonyl (C=O) groups is 1. The van der Waals surface area contributed by atoms with Gasteiger partial charge < -0.3 is 11.1 Å². The zero-order valence-electron chi connectivity index (χ0n) is 12.3. The van der Waals surface area contributed by atoms with Gasteiger partial charge in [-0.1, -0.05) is 0 Å². The Morgan fingerprint density at radius 3 is 2.67 bits per heavy atom. The lowest BCUT2D eigenvalue weighted by molar-refractivity contribution is -0.122. The molecule has 2 aromatic rings. The Morgan fingerprint density at radius 1 is 1.29 bits per heavy atom. The maximum absolute atomic E-state index is 11.2. The molecule has 0 spiro atoms. The van der Waals surface area contributed by atoms with Crippen molar-refractivity contribution >= 4 is 33.3 Å². The SMILES string of the molecule is Cc1sc2ncnc(NC3CCC(C(N)=O)CC3)c2c1C. The van der Waals surface area contributed by atoms with Crippen LogP contribution in [0.25, 0.3) is 10.2 Å². The van der Waals surface area contributed by atoms with Crippen molar-refractivity contribution in [3.63, 3.8) is 0 Å². The molecule has 0 aromatic carbocycles. The Morgan fingerprint density at radius 2 is 2.00 bits per heavy atom. The number of carbonyl (C=O) groups excluding carboxylic acids is 1. The van der Waals surface area contributed by atoms with Crippen molar-refractivity contribution in [1.29, 1.82) is 0 Å². The topological polar surface area (TPSA) is 80.9 Å². The van der Waals surface area contributed by atoms with Gasteiger partial charge >= 0.3 is 0 Å². The number of fused-ring (bicyclic) bond motifs is 1. The number of amides is 1. The van der Waals surface area contributed by atoms with Gasteiger partial charge in [0.2, 0.25) is 5.91 Å². The number of anilines is 1. The van der Waals surface area contributed by atoms with E-state index in [0.717, 1.165) is 41.7 Å². The van der Waals surface area contributed by atoms with Crippen LogP contribution in [-0.4, -0.2) is 21.9 Å². The summed E-state index contributed by atoms with van der Waals surface area (Å²) in [6, 6.07) is 0.360. The average Bonchev–Trinajstić information content (AvgIpc) is 2.76. The highest BCUT2D eigenvalue weighted by Crippen LogP contribution is 2.34. The minimum atomic E-state index is -0.165. The zero-order chi connectivity index (χ0) is 15.0. The number of aryl methyl sites for hydroxylation is 2. The fraction of sp³-hybridized carbons (Fsp3) is 0.533. The molecule has 0 unspecified atom stereocenters. The monoisotopic (exact) mass is 304 g/mol. The van der Waals surface area contributed by atoms with Crippen LogP contribution >= 0.6 is 11.3 Å². The Hall–Kier alpha value is -1.69. The molecule has 0 saturated heterocycles. The van der Waals surface area contributed by atoms with Crippen molar-refractivity contribution in [1.82, 2.24) is 9.97 Å². The average molecular weight is 304 g/mol. The van der Waals surface area contributed by atoms with Crippen molar-refractivity contribution in [2.24, 2.45) is 11.7 Å². The second kappa shape index (κ2) is 5.60. The van der Waals surface area contributed by atoms with Crippen LogP contribution in [0.15, 0.2) is 6.33 Å². The van der Waals surface area contributed by atoms with Gasteiger partial charge in [-0.05, 0) is 45.1 Å². The summed E-state index contributed by atoms with van der Waals surface area (Å²) in [5.41, 5.74) is 6.64. The van der Waals surface area contributed by atoms with E-state index in [2.05, 4.69) is 29.1 Å². The molecule has 1 aliphatic rings. The van der Waals surface area contributed by atoms with Crippen LogP contribution in [-0.2, 0) is 4.79 Å². The highest BCUT2D eigenvalue weighted by Gasteiger charge is 2.25. The van der Waals surface area contributed by atoms with E-state index in [1.807, 2.05) is 0 Å². The Balaban J connectivity index is 1.78. The zero-order valence-corrected chi connectivity index (χ0v) is 13.2. The van der Waals surface area contributed by atoms with Gasteiger partial charge in [-0.3, -0.25) is 4.79 Å². The van der Waals surface area contributed by atoms with Crippen LogP contribution in [0.2, 0.25) is 0 Å². The molecular weight excluding hydrogens is 284 g/mol. The summed E-state index contributed by atoms with van der Waals surface area (Å²) in [6.07, 6.45) is 5.27. The van der Waals surface area contributed by atoms with E-state index in [1.54, 1.807) is 17.7 Å². The quantitative estimate of drug-likeness (QED) is 0.913. The van der Waals surface area contributed by atoms with Gasteiger partial charge in [0, 0.05) is 16.8 Å². The van der Waals surface area contributed by atoms with Crippen LogP contribution in [0.3, 0.4) is 0 Å². The molecule has 0 aliphatic heterocycles. The smallest absolute Gasteiger partial charge is 0.220 e. The molecular formula is C15H20N4OS. The summed E-state index contributed by atoms with van der Waals surface area (Å²) in [7, 11) is 0. The van der Waals surface area contributed by atoms with Crippen LogP contribution < -0.4 is 11.1 Å². The van der Waals surface area contributed by atoms with Crippen molar-refractivity contribution in [3.05, 3.63) is 16.8 Å². The van der Waals surface area contributed by atoms with Gasteiger partial charge in [-0.2, -0.15) is 0 Å². The van der Waals surface area contributed by atoms with Crippen LogP contribution in [0.1, 0.15) is 36.1 Å². The van der Waals surface area contributed by atoms with Crippen LogP contribution in [0.5, 0.6) is 0 Å². The molecule has 21 heavy (non-hydrogen) atoms. The van der Waals surface area contributed by atoms with Crippen molar-refractivity contribution in [2.45, 2.75) is 45.6 Å². The largest absolute Gasteiger partial charge is 0.369 e. The number of nitrogens with two attached hydrogens (primary N) is 1. The first-order chi connectivity index (χ1) is 10.1. The van der Waals surface area contributed by atoms with Gasteiger partial charge in [-0.15, -0.1) is 11.3 Å². The number of hydrogen-bond acceptors (Lipinski definition) is 5. The van der Waals surface area contributed by atoms with E-state index in [1.165, 1.54) is 10.4 Å². The first kappa shape index (κ1) is 14.3. The maximum atomic E-state index is 11.2. The molecule has 6 heteroatoms. The number of thiophene rings is 1. The van der Waals surface area contributed by atoms with Gasteiger partial charge in [0.1, 0.15) is 17.0 Å². The third-order valence-electron chi connectivity index (χ3n) is 4.44. The minimum Gasteiger partial charge on any atom is -0.369 e. The molecule has 1 saturated carbocycles. The summed E-state index contributed by atoms with van der Waals surface area (Å²) >= 11 is 1.71. The fourth-order valence-electron chi connectivity index (χ4n) is 3.01. The molecule has 0 radical (unpaired) electrons. The first-order valence-corrected chi connectivity index (χ1v) is 8.14. The molecule has 0 bridgehead atoms. The van der Waals surface area contributed by atoms with Gasteiger partial charge in [0.25, 0.3) is 0 Å². The van der Waals surface area contributed by atoms with Crippen LogP contribution in [0, 0.1) is 19.8 Å². The second-order valence-corrected chi connectivity index (χ2v) is 6.98. The molecule has 0 atom stereocenters. The molecule has 5 nitrogen and oxygen atoms in total. The van der Waals surface area contributed by atoms with E-state index in [9.17, 15) is 4.79 Å². The van der Waals surface area contributed by atoms with Gasteiger partial charge in [0.05, 0.1) is 5.39 Å². The Kier molecular flexibility index (Phi) is 3.80. The summed E-state index contributed by atoms with van der Waals surface area (Å²) in [5, 5.41) is 4.68. The van der Waals surface area contributed by atoms with E-state index >= 15 is 0 Å². The molecule has 2 heterocycles. The summed E-state index contributed by atoms with van der Waals surface area (Å²) in [4.78, 5) is 22.3. The van der Waals surface area contributed by atoms with Gasteiger partial charge in [0.15, 0.2) is 0 Å². The predicted molar refractivity (Wildman–Crippen MR) is 85.5 cm³/mol. The number of nitrogens with one attached hydrogen (secondary N) is 1. The number of aromatic nitrogens is 2. The van der Waals surface area contributed by atoms with Crippen molar-refractivity contribution in [2.75, 3.05) is 5.32 Å². The van der Waals surface area contributed by atoms with E-state index in [4.69, 9.17) is 5.73 Å². The summed E-state index contributed by atoms with van der Waals surface area (Å²) in [6.45, 7) is 4.23. The number of hydrogen-bond donors (Lipinski definition) is 2. The molecule has 3 rings (SSSR count). The fourth-order valence-corrected chi connectivity index (χ4v) is 4.00. The number of primary amides is 1. The number of nitrogens with zero attached hydrogens (tertiary/aromatic N) is 2. The van der Waals surface area contributed by atoms with E-state index < -0.39 is 0 Å². The summed E-state index contributed by atoms with van der Waals surface area (Å²) in [5.74, 6) is 0.796. The molecule has 112 valence electrons. The van der Waals surface area contributed by atoms with Crippen LogP contribution in [0.4, 0.5) is 5.82 Å². The third-order valence-corrected chi connectivity index (χ3v) is 5.55. The summed E-state index contributed by atoms with van der Waals surface area (Å²) < 4.78 is 0. The number of rotatable bonds is 3. The first-order valence-electron chi connectivity index (χ1n) is 7.33. The van der Waals surface area contributed by atoms with Crippen molar-refractivity contribution in [3.8, 4) is 0 Å². The molecule has 1 aliphatic carbocycles. The lowest BCUT2D eigenvalue weighted by Gasteiger charge is -2.27. The predicted octanol–water partition coefficient (Wildman–Crippen LogP) is 2.76. The Bertz CT molecular complexity index is 674. The highest BCUT2D eigenvalue weighted by molar-refractivity contribution is 7.18. The van der Waals surface area contributed by atoms with Crippen molar-refractivity contribution < 1.29 is 4.79 Å². The third kappa shape index (κ3) is 2.72. The highest BCUT2D eigenvalue weighted by atomic mass is 32.1. The van der Waals surface area contributed by atoms with E-state index in [-0.39, 0.29) is 11.8 Å². The minimum absolute atomic E-state index is 0.0404. The van der Waals surface area contributed by atoms with Gasteiger partial charge in [-0.25, -0.2) is 9.97 Å².